The van der Waals surface area contributed by atoms with Gasteiger partial charge in [-0.1, -0.05) is 0 Å². The fourth-order valence-corrected chi connectivity index (χ4v) is 2.01. The smallest absolute Gasteiger partial charge is 0.147 e. The molecular weight excluding hydrogens is 228 g/mol. The molecule has 0 fully saturated rings. The third-order valence-corrected chi connectivity index (χ3v) is 3.22. The van der Waals surface area contributed by atoms with Gasteiger partial charge in [-0.05, 0) is 19.9 Å². The number of sulfone groups is 1. The highest BCUT2D eigenvalue weighted by Crippen LogP contribution is 1.94. The summed E-state index contributed by atoms with van der Waals surface area (Å²) in [5.74, 6) is 1.10. The van der Waals surface area contributed by atoms with Gasteiger partial charge in [-0.25, -0.2) is 8.42 Å². The third kappa shape index (κ3) is 4.71. The van der Waals surface area contributed by atoms with Crippen LogP contribution >= 0.6 is 0 Å². The van der Waals surface area contributed by atoms with Crippen LogP contribution in [0.2, 0.25) is 0 Å². The van der Waals surface area contributed by atoms with Crippen LogP contribution in [0.1, 0.15) is 19.2 Å². The minimum Gasteiger partial charge on any atom is -0.317 e. The zero-order valence-corrected chi connectivity index (χ0v) is 10.5. The van der Waals surface area contributed by atoms with Crippen LogP contribution in [-0.2, 0) is 22.9 Å². The van der Waals surface area contributed by atoms with Crippen LogP contribution < -0.4 is 5.32 Å². The molecule has 0 saturated heterocycles. The standard InChI is InChI=1S/C9H18N4O2S/c1-3-13-8-11-12-9(13)7-10-5-4-6-16(2,14)15/h8,10H,3-7H2,1-2H3. The maximum atomic E-state index is 10.9. The van der Waals surface area contributed by atoms with E-state index in [0.29, 0.717) is 19.5 Å². The van der Waals surface area contributed by atoms with E-state index < -0.39 is 9.84 Å². The van der Waals surface area contributed by atoms with E-state index in [1.54, 1.807) is 6.33 Å². The molecule has 92 valence electrons. The van der Waals surface area contributed by atoms with Crippen molar-refractivity contribution in [3.05, 3.63) is 12.2 Å². The number of hydrogen-bond donors (Lipinski definition) is 1. The number of nitrogens with zero attached hydrogens (tertiary/aromatic N) is 3. The van der Waals surface area contributed by atoms with Gasteiger partial charge in [-0.2, -0.15) is 0 Å². The van der Waals surface area contributed by atoms with Crippen molar-refractivity contribution >= 4 is 9.84 Å². The van der Waals surface area contributed by atoms with E-state index in [4.69, 9.17) is 0 Å². The van der Waals surface area contributed by atoms with Crippen molar-refractivity contribution in [2.75, 3.05) is 18.6 Å². The molecule has 0 aliphatic heterocycles. The van der Waals surface area contributed by atoms with Gasteiger partial charge in [-0.15, -0.1) is 10.2 Å². The summed E-state index contributed by atoms with van der Waals surface area (Å²) in [6, 6.07) is 0. The Balaban J connectivity index is 2.21. The summed E-state index contributed by atoms with van der Waals surface area (Å²) in [5, 5.41) is 10.9. The van der Waals surface area contributed by atoms with Crippen molar-refractivity contribution in [3.63, 3.8) is 0 Å². The number of aromatic nitrogens is 3. The van der Waals surface area contributed by atoms with Crippen molar-refractivity contribution in [1.29, 1.82) is 0 Å². The molecule has 0 unspecified atom stereocenters. The van der Waals surface area contributed by atoms with Crippen LogP contribution in [-0.4, -0.2) is 41.7 Å². The predicted octanol–water partition coefficient (Wildman–Crippen LogP) is -0.178. The number of nitrogens with one attached hydrogen (secondary N) is 1. The monoisotopic (exact) mass is 246 g/mol. The molecule has 0 aliphatic carbocycles. The van der Waals surface area contributed by atoms with Gasteiger partial charge in [0.05, 0.1) is 12.3 Å². The highest BCUT2D eigenvalue weighted by molar-refractivity contribution is 7.90. The Morgan fingerprint density at radius 3 is 2.88 bits per heavy atom. The van der Waals surface area contributed by atoms with Crippen LogP contribution in [0.25, 0.3) is 0 Å². The molecule has 1 heterocycles. The van der Waals surface area contributed by atoms with Crippen molar-refractivity contribution in [3.8, 4) is 0 Å². The predicted molar refractivity (Wildman–Crippen MR) is 61.7 cm³/mol. The van der Waals surface area contributed by atoms with Crippen molar-refractivity contribution in [1.82, 2.24) is 20.1 Å². The van der Waals surface area contributed by atoms with Gasteiger partial charge in [-0.3, -0.25) is 0 Å². The molecule has 0 spiro atoms. The number of rotatable bonds is 7. The second-order valence-corrected chi connectivity index (χ2v) is 5.95. The lowest BCUT2D eigenvalue weighted by atomic mass is 10.4. The van der Waals surface area contributed by atoms with Gasteiger partial charge in [0.1, 0.15) is 22.0 Å². The summed E-state index contributed by atoms with van der Waals surface area (Å²) in [4.78, 5) is 0. The van der Waals surface area contributed by atoms with Crippen LogP contribution in [0.5, 0.6) is 0 Å². The Labute approximate surface area is 96.0 Å². The van der Waals surface area contributed by atoms with E-state index >= 15 is 0 Å². The second kappa shape index (κ2) is 5.95. The maximum absolute atomic E-state index is 10.9. The molecule has 6 nitrogen and oxygen atoms in total. The van der Waals surface area contributed by atoms with Gasteiger partial charge < -0.3 is 9.88 Å². The molecule has 16 heavy (non-hydrogen) atoms. The quantitative estimate of drug-likeness (QED) is 0.675. The van der Waals surface area contributed by atoms with Crippen molar-refractivity contribution < 1.29 is 8.42 Å². The second-order valence-electron chi connectivity index (χ2n) is 3.69. The summed E-state index contributed by atoms with van der Waals surface area (Å²) in [6.07, 6.45) is 3.56. The first kappa shape index (κ1) is 13.1. The minimum absolute atomic E-state index is 0.223. The lowest BCUT2D eigenvalue weighted by Gasteiger charge is -2.04. The van der Waals surface area contributed by atoms with E-state index in [9.17, 15) is 8.42 Å². The maximum Gasteiger partial charge on any atom is 0.147 e. The van der Waals surface area contributed by atoms with Crippen LogP contribution in [0.3, 0.4) is 0 Å². The first-order chi connectivity index (χ1) is 7.53. The Kier molecular flexibility index (Phi) is 4.88. The highest BCUT2D eigenvalue weighted by atomic mass is 32.2. The van der Waals surface area contributed by atoms with E-state index in [-0.39, 0.29) is 5.75 Å². The molecule has 7 heteroatoms. The highest BCUT2D eigenvalue weighted by Gasteiger charge is 2.03. The van der Waals surface area contributed by atoms with Gasteiger partial charge in [0, 0.05) is 12.8 Å². The van der Waals surface area contributed by atoms with E-state index in [1.165, 1.54) is 6.26 Å². The lowest BCUT2D eigenvalue weighted by molar-refractivity contribution is 0.586. The Morgan fingerprint density at radius 1 is 1.50 bits per heavy atom. The largest absolute Gasteiger partial charge is 0.317 e. The van der Waals surface area contributed by atoms with Gasteiger partial charge in [0.2, 0.25) is 0 Å². The zero-order valence-electron chi connectivity index (χ0n) is 9.68. The van der Waals surface area contributed by atoms with Crippen LogP contribution in [0.4, 0.5) is 0 Å². The first-order valence-corrected chi connectivity index (χ1v) is 7.34. The summed E-state index contributed by atoms with van der Waals surface area (Å²) >= 11 is 0. The van der Waals surface area contributed by atoms with E-state index in [0.717, 1.165) is 12.4 Å². The summed E-state index contributed by atoms with van der Waals surface area (Å²) < 4.78 is 23.7. The SMILES string of the molecule is CCn1cnnc1CNCCCS(C)(=O)=O. The molecule has 0 atom stereocenters. The molecule has 0 bridgehead atoms. The molecule has 0 aliphatic rings. The van der Waals surface area contributed by atoms with Crippen LogP contribution in [0, 0.1) is 0 Å². The van der Waals surface area contributed by atoms with Crippen molar-refractivity contribution in [2.24, 2.45) is 0 Å². The average Bonchev–Trinajstić information content (AvgIpc) is 2.63. The zero-order chi connectivity index (χ0) is 12.0. The van der Waals surface area contributed by atoms with E-state index in [2.05, 4.69) is 15.5 Å². The lowest BCUT2D eigenvalue weighted by Crippen LogP contribution is -2.20. The molecule has 1 rings (SSSR count). The normalized spacial score (nSPS) is 11.9. The van der Waals surface area contributed by atoms with Crippen molar-refractivity contribution in [2.45, 2.75) is 26.4 Å². The molecule has 1 N–H and O–H groups in total. The Morgan fingerprint density at radius 2 is 2.25 bits per heavy atom. The summed E-state index contributed by atoms with van der Waals surface area (Å²) in [5.41, 5.74) is 0. The summed E-state index contributed by atoms with van der Waals surface area (Å²) in [7, 11) is -2.84. The Hall–Kier alpha value is -0.950. The van der Waals surface area contributed by atoms with Gasteiger partial charge in [0.15, 0.2) is 0 Å². The minimum atomic E-state index is -2.84. The van der Waals surface area contributed by atoms with E-state index in [1.807, 2.05) is 11.5 Å². The number of aryl methyl sites for hydroxylation is 1. The van der Waals surface area contributed by atoms with Crippen LogP contribution in [0.15, 0.2) is 6.33 Å². The summed E-state index contributed by atoms with van der Waals surface area (Å²) in [6.45, 7) is 4.16. The molecule has 0 aromatic carbocycles. The molecule has 0 amide bonds. The topological polar surface area (TPSA) is 76.9 Å². The molecule has 0 saturated carbocycles. The third-order valence-electron chi connectivity index (χ3n) is 2.19. The molecule has 1 aromatic rings. The van der Waals surface area contributed by atoms with Gasteiger partial charge >= 0.3 is 0 Å². The van der Waals surface area contributed by atoms with Gasteiger partial charge in [0.25, 0.3) is 0 Å². The fraction of sp³-hybridized carbons (Fsp3) is 0.778. The average molecular weight is 246 g/mol. The fourth-order valence-electron chi connectivity index (χ4n) is 1.34. The Bertz CT molecular complexity index is 413. The molecule has 0 radical (unpaired) electrons. The first-order valence-electron chi connectivity index (χ1n) is 5.28. The number of hydrogen-bond acceptors (Lipinski definition) is 5. The molecule has 1 aromatic heterocycles. The molecular formula is C9H18N4O2S.